The highest BCUT2D eigenvalue weighted by molar-refractivity contribution is 6.00. The Kier molecular flexibility index (Phi) is 8.21. The molecule has 1 unspecified atom stereocenters. The maximum Gasteiger partial charge on any atom is 0.287 e. The molecule has 0 radical (unpaired) electrons. The van der Waals surface area contributed by atoms with E-state index in [1.54, 1.807) is 16.2 Å². The summed E-state index contributed by atoms with van der Waals surface area (Å²) in [4.78, 5) is 19.4. The van der Waals surface area contributed by atoms with Gasteiger partial charge < -0.3 is 19.5 Å². The number of fused-ring (bicyclic) bond motifs is 1. The van der Waals surface area contributed by atoms with E-state index < -0.39 is 18.6 Å². The zero-order chi connectivity index (χ0) is 28.2. The molecule has 0 saturated carbocycles. The van der Waals surface area contributed by atoms with Crippen molar-refractivity contribution < 1.29 is 32.2 Å². The van der Waals surface area contributed by atoms with E-state index >= 15 is 0 Å². The van der Waals surface area contributed by atoms with Crippen LogP contribution in [0.2, 0.25) is 0 Å². The molecule has 2 aromatic heterocycles. The molecule has 0 aliphatic carbocycles. The number of nitrogens with one attached hydrogen (secondary N) is 1. The van der Waals surface area contributed by atoms with E-state index in [1.165, 1.54) is 26.4 Å². The average Bonchev–Trinajstić information content (AvgIpc) is 3.62. The lowest BCUT2D eigenvalue weighted by Crippen LogP contribution is -2.38. The van der Waals surface area contributed by atoms with Crippen molar-refractivity contribution in [3.8, 4) is 28.3 Å². The molecule has 10 nitrogen and oxygen atoms in total. The fourth-order valence-corrected chi connectivity index (χ4v) is 4.62. The number of halogens is 3. The number of alkyl halides is 3. The molecule has 2 aromatic carbocycles. The fourth-order valence-electron chi connectivity index (χ4n) is 4.62. The van der Waals surface area contributed by atoms with E-state index in [0.717, 1.165) is 61.6 Å². The summed E-state index contributed by atoms with van der Waals surface area (Å²) < 4.78 is 58.5. The molecule has 1 fully saturated rings. The normalized spacial score (nSPS) is 14.9. The molecule has 1 saturated heterocycles. The number of aromatic nitrogens is 4. The van der Waals surface area contributed by atoms with E-state index in [4.69, 9.17) is 14.2 Å². The van der Waals surface area contributed by atoms with Crippen LogP contribution in [0.3, 0.4) is 0 Å². The molecule has 0 spiro atoms. The third-order valence-electron chi connectivity index (χ3n) is 6.75. The summed E-state index contributed by atoms with van der Waals surface area (Å²) in [6.07, 6.45) is -0.749. The Morgan fingerprint density at radius 2 is 1.77 bits per heavy atom. The number of hydrogen-bond acceptors (Lipinski definition) is 7. The Labute approximate surface area is 228 Å². The van der Waals surface area contributed by atoms with Crippen molar-refractivity contribution in [3.05, 3.63) is 54.6 Å². The van der Waals surface area contributed by atoms with Crippen molar-refractivity contribution in [2.45, 2.75) is 19.3 Å². The Balaban J connectivity index is 1.39. The maximum atomic E-state index is 13.5. The van der Waals surface area contributed by atoms with Crippen LogP contribution in [0.15, 0.2) is 49.1 Å². The van der Waals surface area contributed by atoms with Crippen molar-refractivity contribution in [2.24, 2.45) is 0 Å². The largest absolute Gasteiger partial charge is 0.496 e. The molecular formula is C27H29F3N6O4. The van der Waals surface area contributed by atoms with Gasteiger partial charge in [-0.3, -0.25) is 18.9 Å². The number of methoxy groups -OCH3 is 2. The first-order valence-corrected chi connectivity index (χ1v) is 12.7. The molecule has 1 N–H and O–H groups in total. The van der Waals surface area contributed by atoms with Crippen molar-refractivity contribution in [3.63, 3.8) is 0 Å². The molecule has 1 aliphatic heterocycles. The molecule has 13 heteroatoms. The molecule has 1 atom stereocenters. The van der Waals surface area contributed by atoms with Crippen LogP contribution >= 0.6 is 0 Å². The highest BCUT2D eigenvalue weighted by atomic mass is 19.3. The first kappa shape index (κ1) is 27.5. The second-order valence-electron chi connectivity index (χ2n) is 9.20. The number of morpholine rings is 1. The number of benzene rings is 2. The van der Waals surface area contributed by atoms with Crippen LogP contribution in [0.5, 0.6) is 11.5 Å². The van der Waals surface area contributed by atoms with Gasteiger partial charge in [0.05, 0.1) is 56.9 Å². The lowest BCUT2D eigenvalue weighted by atomic mass is 10.1. The number of carbonyl (C=O) groups excluding carboxylic acids is 1. The lowest BCUT2D eigenvalue weighted by molar-refractivity contribution is 0.0285. The van der Waals surface area contributed by atoms with E-state index in [9.17, 15) is 18.0 Å². The molecule has 40 heavy (non-hydrogen) atoms. The highest BCUT2D eigenvalue weighted by Gasteiger charge is 2.27. The summed E-state index contributed by atoms with van der Waals surface area (Å²) >= 11 is 0. The van der Waals surface area contributed by atoms with E-state index in [1.807, 2.05) is 35.3 Å². The first-order valence-electron chi connectivity index (χ1n) is 12.7. The molecular weight excluding hydrogens is 529 g/mol. The van der Waals surface area contributed by atoms with Gasteiger partial charge in [-0.05, 0) is 17.7 Å². The Morgan fingerprint density at radius 3 is 2.45 bits per heavy atom. The molecule has 212 valence electrons. The fraction of sp³-hybridized carbons (Fsp3) is 0.370. The standard InChI is InChI=1S/C27H29F3N6O4/c1-38-22-12-19(13-23(39-2)24(22)27(37)33-26(30)25(28)29)36-16-31-20-11-17(3-4-21(20)36)18-14-32-35(15-18)6-5-34-7-9-40-10-8-34/h3-4,11-16,25-26H,5-10H2,1-2H3,(H,33,37). The van der Waals surface area contributed by atoms with Gasteiger partial charge in [-0.2, -0.15) is 5.10 Å². The van der Waals surface area contributed by atoms with Crippen LogP contribution in [0.1, 0.15) is 10.4 Å². The number of amides is 1. The zero-order valence-electron chi connectivity index (χ0n) is 22.0. The minimum absolute atomic E-state index is 0.0243. The van der Waals surface area contributed by atoms with E-state index in [0.29, 0.717) is 5.69 Å². The third-order valence-corrected chi connectivity index (χ3v) is 6.75. The topological polar surface area (TPSA) is 95.7 Å². The van der Waals surface area contributed by atoms with Gasteiger partial charge in [0.1, 0.15) is 23.4 Å². The number of imidazole rings is 1. The van der Waals surface area contributed by atoms with Crippen LogP contribution in [-0.2, 0) is 11.3 Å². The number of hydrogen-bond donors (Lipinski definition) is 1. The van der Waals surface area contributed by atoms with Gasteiger partial charge in [0, 0.05) is 43.5 Å². The number of rotatable bonds is 10. The lowest BCUT2D eigenvalue weighted by Gasteiger charge is -2.26. The minimum Gasteiger partial charge on any atom is -0.496 e. The van der Waals surface area contributed by atoms with Gasteiger partial charge in [-0.25, -0.2) is 18.2 Å². The molecule has 5 rings (SSSR count). The molecule has 1 aliphatic rings. The van der Waals surface area contributed by atoms with Crippen LogP contribution in [-0.4, -0.2) is 89.9 Å². The predicted octanol–water partition coefficient (Wildman–Crippen LogP) is 3.53. The van der Waals surface area contributed by atoms with Crippen molar-refractivity contribution in [1.29, 1.82) is 0 Å². The summed E-state index contributed by atoms with van der Waals surface area (Å²) in [6.45, 7) is 5.06. The average molecular weight is 559 g/mol. The molecule has 3 heterocycles. The quantitative estimate of drug-likeness (QED) is 0.298. The van der Waals surface area contributed by atoms with E-state index in [2.05, 4.69) is 15.0 Å². The van der Waals surface area contributed by atoms with Crippen LogP contribution in [0.25, 0.3) is 27.8 Å². The smallest absolute Gasteiger partial charge is 0.287 e. The summed E-state index contributed by atoms with van der Waals surface area (Å²) in [7, 11) is 2.63. The van der Waals surface area contributed by atoms with Gasteiger partial charge in [0.2, 0.25) is 6.30 Å². The van der Waals surface area contributed by atoms with Gasteiger partial charge in [-0.15, -0.1) is 0 Å². The second-order valence-corrected chi connectivity index (χ2v) is 9.20. The van der Waals surface area contributed by atoms with Gasteiger partial charge >= 0.3 is 0 Å². The predicted molar refractivity (Wildman–Crippen MR) is 141 cm³/mol. The molecule has 0 bridgehead atoms. The van der Waals surface area contributed by atoms with Gasteiger partial charge in [0.25, 0.3) is 12.3 Å². The van der Waals surface area contributed by atoms with Crippen LogP contribution in [0, 0.1) is 0 Å². The minimum atomic E-state index is -3.37. The maximum absolute atomic E-state index is 13.5. The Morgan fingerprint density at radius 1 is 1.05 bits per heavy atom. The summed E-state index contributed by atoms with van der Waals surface area (Å²) in [5.41, 5.74) is 3.75. The highest BCUT2D eigenvalue weighted by Crippen LogP contribution is 2.34. The van der Waals surface area contributed by atoms with Crippen LogP contribution in [0.4, 0.5) is 13.2 Å². The monoisotopic (exact) mass is 558 g/mol. The second kappa shape index (κ2) is 12.0. The number of carbonyl (C=O) groups is 1. The van der Waals surface area contributed by atoms with Crippen molar-refractivity contribution >= 4 is 16.9 Å². The SMILES string of the molecule is COc1cc(-n2cnc3cc(-c4cnn(CCN5CCOCC5)c4)ccc32)cc(OC)c1C(=O)NC(F)C(F)F. The molecule has 4 aromatic rings. The van der Waals surface area contributed by atoms with Gasteiger partial charge in [-0.1, -0.05) is 6.07 Å². The van der Waals surface area contributed by atoms with Crippen LogP contribution < -0.4 is 14.8 Å². The summed E-state index contributed by atoms with van der Waals surface area (Å²) in [5.74, 6) is -1.04. The number of nitrogens with zero attached hydrogens (tertiary/aromatic N) is 5. The Bertz CT molecular complexity index is 1460. The van der Waals surface area contributed by atoms with Crippen molar-refractivity contribution in [1.82, 2.24) is 29.5 Å². The van der Waals surface area contributed by atoms with Gasteiger partial charge in [0.15, 0.2) is 0 Å². The zero-order valence-corrected chi connectivity index (χ0v) is 22.0. The molecule has 1 amide bonds. The van der Waals surface area contributed by atoms with Crippen molar-refractivity contribution in [2.75, 3.05) is 47.1 Å². The van der Waals surface area contributed by atoms with E-state index in [-0.39, 0.29) is 17.1 Å². The third kappa shape index (κ3) is 5.75. The number of ether oxygens (including phenoxy) is 3. The summed E-state index contributed by atoms with van der Waals surface area (Å²) in [6, 6.07) is 8.89. The Hall–Kier alpha value is -4.10. The summed E-state index contributed by atoms with van der Waals surface area (Å²) in [5, 5.41) is 6.13. The first-order chi connectivity index (χ1) is 19.4.